The quantitative estimate of drug-likeness (QED) is 0.246. The first kappa shape index (κ1) is 23.3. The van der Waals surface area contributed by atoms with Crippen LogP contribution in [-0.4, -0.2) is 42.9 Å². The Morgan fingerprint density at radius 2 is 2.10 bits per heavy atom. The minimum absolute atomic E-state index is 0.0904. The van der Waals surface area contributed by atoms with Gasteiger partial charge in [0.25, 0.3) is 0 Å². The summed E-state index contributed by atoms with van der Waals surface area (Å²) in [5, 5.41) is 14.0. The largest absolute Gasteiger partial charge is 0.370 e. The summed E-state index contributed by atoms with van der Waals surface area (Å²) >= 11 is 12.7. The number of hydrogen-bond acceptors (Lipinski definition) is 4. The molecule has 2 unspecified atom stereocenters. The number of nitrogens with one attached hydrogen (secondary N) is 3. The van der Waals surface area contributed by atoms with E-state index in [9.17, 15) is 4.79 Å². The summed E-state index contributed by atoms with van der Waals surface area (Å²) in [6.45, 7) is 2.10. The Bertz CT molecular complexity index is 967. The average molecular weight is 463 g/mol. The first-order valence-electron chi connectivity index (χ1n) is 10.1. The van der Waals surface area contributed by atoms with E-state index >= 15 is 0 Å². The van der Waals surface area contributed by atoms with E-state index in [2.05, 4.69) is 22.6 Å². The molecule has 0 aromatic heterocycles. The first-order valence-corrected chi connectivity index (χ1v) is 10.9. The predicted molar refractivity (Wildman–Crippen MR) is 127 cm³/mol. The van der Waals surface area contributed by atoms with Crippen LogP contribution in [-0.2, 0) is 11.3 Å². The van der Waals surface area contributed by atoms with Crippen LogP contribution in [0.15, 0.2) is 36.4 Å². The van der Waals surface area contributed by atoms with Gasteiger partial charge in [-0.05, 0) is 60.8 Å². The number of carbonyl (C=O) groups excluding carboxylic acids is 1. The molecule has 2 atom stereocenters. The number of hydrogen-bond donors (Lipinski definition) is 5. The fourth-order valence-electron chi connectivity index (χ4n) is 3.87. The molecular formula is C22H28Cl2N6O. The maximum absolute atomic E-state index is 12.5. The number of fused-ring (bicyclic) bond motifs is 1. The Hall–Kier alpha value is -2.32. The molecule has 7 nitrogen and oxygen atoms in total. The van der Waals surface area contributed by atoms with Gasteiger partial charge in [0.15, 0.2) is 5.96 Å². The SMILES string of the molecule is CN1Cc2c(Cl)cc(Cl)cc2C(c2cccc(NC(=O)C(N)CCCNC(=N)N)c2)C1. The van der Waals surface area contributed by atoms with E-state index < -0.39 is 6.04 Å². The molecule has 1 aliphatic rings. The van der Waals surface area contributed by atoms with E-state index in [1.807, 2.05) is 30.3 Å². The van der Waals surface area contributed by atoms with Crippen LogP contribution in [0.25, 0.3) is 0 Å². The monoisotopic (exact) mass is 462 g/mol. The topological polar surface area (TPSA) is 120 Å². The molecule has 166 valence electrons. The molecule has 1 heterocycles. The summed E-state index contributed by atoms with van der Waals surface area (Å²) in [4.78, 5) is 14.7. The third-order valence-electron chi connectivity index (χ3n) is 5.39. The maximum atomic E-state index is 12.5. The molecular weight excluding hydrogens is 435 g/mol. The van der Waals surface area contributed by atoms with Crippen molar-refractivity contribution < 1.29 is 4.79 Å². The minimum atomic E-state index is -0.642. The number of guanidine groups is 1. The average Bonchev–Trinajstić information content (AvgIpc) is 2.71. The lowest BCUT2D eigenvalue weighted by molar-refractivity contribution is -0.117. The smallest absolute Gasteiger partial charge is 0.241 e. The van der Waals surface area contributed by atoms with E-state index in [4.69, 9.17) is 40.1 Å². The number of benzene rings is 2. The van der Waals surface area contributed by atoms with E-state index in [1.165, 1.54) is 0 Å². The maximum Gasteiger partial charge on any atom is 0.241 e. The van der Waals surface area contributed by atoms with Gasteiger partial charge in [-0.25, -0.2) is 0 Å². The van der Waals surface area contributed by atoms with Crippen LogP contribution in [0, 0.1) is 5.41 Å². The molecule has 0 bridgehead atoms. The standard InChI is InChI=1S/C22H28Cl2N6O/c1-30-11-17(16-9-14(23)10-19(24)18(16)12-30)13-4-2-5-15(8-13)29-21(31)20(25)6-3-7-28-22(26)27/h2,4-5,8-10,17,20H,3,6-7,11-12,25H2,1H3,(H,29,31)(H4,26,27,28). The second-order valence-corrected chi connectivity index (χ2v) is 8.75. The van der Waals surface area contributed by atoms with E-state index in [0.29, 0.717) is 35.1 Å². The van der Waals surface area contributed by atoms with Crippen molar-refractivity contribution in [1.82, 2.24) is 10.2 Å². The number of amides is 1. The normalized spacial score (nSPS) is 17.0. The van der Waals surface area contributed by atoms with Gasteiger partial charge in [0.2, 0.25) is 5.91 Å². The molecule has 2 aromatic carbocycles. The van der Waals surface area contributed by atoms with Gasteiger partial charge in [0.05, 0.1) is 6.04 Å². The zero-order valence-electron chi connectivity index (χ0n) is 17.4. The number of rotatable bonds is 7. The molecule has 7 N–H and O–H groups in total. The Balaban J connectivity index is 1.72. The molecule has 0 saturated carbocycles. The third kappa shape index (κ3) is 6.11. The summed E-state index contributed by atoms with van der Waals surface area (Å²) in [6, 6.07) is 10.9. The molecule has 0 aliphatic carbocycles. The summed E-state index contributed by atoms with van der Waals surface area (Å²) in [5.74, 6) is -0.243. The molecule has 1 amide bonds. The fourth-order valence-corrected chi connectivity index (χ4v) is 4.44. The van der Waals surface area contributed by atoms with Crippen LogP contribution in [0.1, 0.15) is 35.4 Å². The van der Waals surface area contributed by atoms with Crippen LogP contribution >= 0.6 is 23.2 Å². The molecule has 0 spiro atoms. The zero-order valence-corrected chi connectivity index (χ0v) is 18.9. The molecule has 31 heavy (non-hydrogen) atoms. The lowest BCUT2D eigenvalue weighted by Gasteiger charge is -2.33. The van der Waals surface area contributed by atoms with Crippen molar-refractivity contribution in [2.75, 3.05) is 25.5 Å². The first-order chi connectivity index (χ1) is 14.7. The second-order valence-electron chi connectivity index (χ2n) is 7.91. The van der Waals surface area contributed by atoms with Crippen molar-refractivity contribution in [3.8, 4) is 0 Å². The summed E-state index contributed by atoms with van der Waals surface area (Å²) in [6.07, 6.45) is 1.13. The highest BCUT2D eigenvalue weighted by Gasteiger charge is 2.27. The lowest BCUT2D eigenvalue weighted by Crippen LogP contribution is -2.37. The van der Waals surface area contributed by atoms with Gasteiger partial charge in [0.1, 0.15) is 0 Å². The number of nitrogens with zero attached hydrogens (tertiary/aromatic N) is 1. The van der Waals surface area contributed by atoms with Gasteiger partial charge in [-0.3, -0.25) is 10.2 Å². The van der Waals surface area contributed by atoms with Gasteiger partial charge in [0, 0.05) is 41.3 Å². The highest BCUT2D eigenvalue weighted by molar-refractivity contribution is 6.35. The number of likely N-dealkylation sites (N-methyl/N-ethyl adjacent to an activating group) is 1. The lowest BCUT2D eigenvalue weighted by atomic mass is 9.84. The van der Waals surface area contributed by atoms with Crippen LogP contribution in [0.5, 0.6) is 0 Å². The van der Waals surface area contributed by atoms with Crippen LogP contribution < -0.4 is 22.1 Å². The number of nitrogens with two attached hydrogens (primary N) is 2. The third-order valence-corrected chi connectivity index (χ3v) is 5.95. The number of anilines is 1. The van der Waals surface area contributed by atoms with Crippen LogP contribution in [0.2, 0.25) is 10.0 Å². The van der Waals surface area contributed by atoms with Crippen molar-refractivity contribution in [2.24, 2.45) is 11.5 Å². The van der Waals surface area contributed by atoms with E-state index in [1.54, 1.807) is 6.07 Å². The van der Waals surface area contributed by atoms with Gasteiger partial charge in [-0.2, -0.15) is 0 Å². The highest BCUT2D eigenvalue weighted by Crippen LogP contribution is 2.38. The summed E-state index contributed by atoms with van der Waals surface area (Å²) in [5.41, 5.74) is 15.2. The molecule has 1 aliphatic heterocycles. The van der Waals surface area contributed by atoms with Crippen molar-refractivity contribution in [1.29, 1.82) is 5.41 Å². The number of carbonyl (C=O) groups is 1. The molecule has 0 fully saturated rings. The molecule has 0 saturated heterocycles. The minimum Gasteiger partial charge on any atom is -0.370 e. The fraction of sp³-hybridized carbons (Fsp3) is 0.364. The van der Waals surface area contributed by atoms with Gasteiger partial charge in [-0.15, -0.1) is 0 Å². The van der Waals surface area contributed by atoms with Crippen molar-refractivity contribution in [2.45, 2.75) is 31.3 Å². The van der Waals surface area contributed by atoms with Gasteiger partial charge >= 0.3 is 0 Å². The number of halogens is 2. The van der Waals surface area contributed by atoms with Gasteiger partial charge in [-0.1, -0.05) is 35.3 Å². The predicted octanol–water partition coefficient (Wildman–Crippen LogP) is 3.10. The van der Waals surface area contributed by atoms with Crippen LogP contribution in [0.3, 0.4) is 0 Å². The zero-order chi connectivity index (χ0) is 22.5. The summed E-state index contributed by atoms with van der Waals surface area (Å²) < 4.78 is 0. The Kier molecular flexibility index (Phi) is 7.78. The van der Waals surface area contributed by atoms with Gasteiger partial charge < -0.3 is 27.0 Å². The highest BCUT2D eigenvalue weighted by atomic mass is 35.5. The second kappa shape index (κ2) is 10.3. The molecule has 3 rings (SSSR count). The molecule has 9 heteroatoms. The van der Waals surface area contributed by atoms with E-state index in [-0.39, 0.29) is 17.8 Å². The summed E-state index contributed by atoms with van der Waals surface area (Å²) in [7, 11) is 2.06. The Labute approximate surface area is 192 Å². The molecule has 2 aromatic rings. The Morgan fingerprint density at radius 1 is 1.32 bits per heavy atom. The van der Waals surface area contributed by atoms with E-state index in [0.717, 1.165) is 29.8 Å². The van der Waals surface area contributed by atoms with Crippen molar-refractivity contribution in [3.05, 3.63) is 63.1 Å². The molecule has 0 radical (unpaired) electrons. The van der Waals surface area contributed by atoms with Crippen molar-refractivity contribution in [3.63, 3.8) is 0 Å². The van der Waals surface area contributed by atoms with Crippen molar-refractivity contribution >= 4 is 40.8 Å². The Morgan fingerprint density at radius 3 is 2.84 bits per heavy atom. The van der Waals surface area contributed by atoms with Crippen LogP contribution in [0.4, 0.5) is 5.69 Å².